The molecule has 0 spiro atoms. The molecule has 1 fully saturated rings. The second kappa shape index (κ2) is 7.34. The van der Waals surface area contributed by atoms with E-state index in [0.717, 1.165) is 29.4 Å². The van der Waals surface area contributed by atoms with Gasteiger partial charge in [-0.3, -0.25) is 14.3 Å². The Morgan fingerprint density at radius 3 is 2.79 bits per heavy atom. The molecule has 0 radical (unpaired) electrons. The molecule has 24 heavy (non-hydrogen) atoms. The van der Waals surface area contributed by atoms with Crippen molar-refractivity contribution in [2.24, 2.45) is 5.92 Å². The van der Waals surface area contributed by atoms with Crippen LogP contribution < -0.4 is 5.32 Å². The number of thioether (sulfide) groups is 1. The van der Waals surface area contributed by atoms with Crippen molar-refractivity contribution >= 4 is 17.7 Å². The number of carbonyl (C=O) groups excluding carboxylic acids is 1. The van der Waals surface area contributed by atoms with Crippen LogP contribution in [-0.4, -0.2) is 37.5 Å². The number of amides is 1. The van der Waals surface area contributed by atoms with Gasteiger partial charge in [-0.1, -0.05) is 25.6 Å². The highest BCUT2D eigenvalue weighted by molar-refractivity contribution is 7.99. The molecule has 1 aliphatic carbocycles. The van der Waals surface area contributed by atoms with E-state index in [1.54, 1.807) is 12.4 Å². The molecule has 1 N–H and O–H groups in total. The predicted octanol–water partition coefficient (Wildman–Crippen LogP) is 2.93. The molecular formula is C17H23N5OS. The van der Waals surface area contributed by atoms with Crippen LogP contribution in [-0.2, 0) is 4.79 Å². The van der Waals surface area contributed by atoms with E-state index in [4.69, 9.17) is 0 Å². The molecule has 1 atom stereocenters. The number of nitrogens with zero attached hydrogens (tertiary/aromatic N) is 4. The fraction of sp³-hybridized carbons (Fsp3) is 0.529. The number of nitrogens with one attached hydrogen (secondary N) is 1. The molecule has 1 aliphatic rings. The monoisotopic (exact) mass is 345 g/mol. The van der Waals surface area contributed by atoms with Gasteiger partial charge in [0.15, 0.2) is 11.0 Å². The van der Waals surface area contributed by atoms with Gasteiger partial charge in [-0.2, -0.15) is 0 Å². The van der Waals surface area contributed by atoms with Crippen molar-refractivity contribution in [3.05, 3.63) is 24.5 Å². The van der Waals surface area contributed by atoms with Crippen LogP contribution in [0.4, 0.5) is 0 Å². The summed E-state index contributed by atoms with van der Waals surface area (Å²) in [6, 6.07) is 4.50. The van der Waals surface area contributed by atoms with Crippen molar-refractivity contribution in [2.45, 2.75) is 50.9 Å². The average molecular weight is 345 g/mol. The van der Waals surface area contributed by atoms with Gasteiger partial charge in [0, 0.05) is 30.0 Å². The van der Waals surface area contributed by atoms with Crippen molar-refractivity contribution in [2.75, 3.05) is 5.75 Å². The minimum absolute atomic E-state index is 0.0366. The van der Waals surface area contributed by atoms with Gasteiger partial charge in [0.2, 0.25) is 5.91 Å². The number of hydrogen-bond donors (Lipinski definition) is 1. The Morgan fingerprint density at radius 2 is 2.17 bits per heavy atom. The summed E-state index contributed by atoms with van der Waals surface area (Å²) in [5.74, 6) is 1.65. The normalized spacial score (nSPS) is 15.5. The van der Waals surface area contributed by atoms with Gasteiger partial charge in [-0.15, -0.1) is 10.2 Å². The van der Waals surface area contributed by atoms with Gasteiger partial charge in [-0.05, 0) is 37.8 Å². The lowest BCUT2D eigenvalue weighted by molar-refractivity contribution is -0.119. The lowest BCUT2D eigenvalue weighted by Crippen LogP contribution is -2.37. The third-order valence-corrected chi connectivity index (χ3v) is 5.16. The first kappa shape index (κ1) is 17.0. The van der Waals surface area contributed by atoms with E-state index in [2.05, 4.69) is 38.9 Å². The summed E-state index contributed by atoms with van der Waals surface area (Å²) in [5.41, 5.74) is 0.960. The molecule has 128 valence electrons. The zero-order valence-electron chi connectivity index (χ0n) is 14.3. The molecule has 1 saturated carbocycles. The standard InChI is InChI=1S/C17H23N5OS/c1-11(2)12(3)19-15(23)10-24-17-21-20-16(22(17)14-6-7-14)13-5-4-8-18-9-13/h4-5,8-9,11-12,14H,6-7,10H2,1-3H3,(H,19,23)/t12-/m0/s1. The number of hydrogen-bond acceptors (Lipinski definition) is 5. The topological polar surface area (TPSA) is 72.7 Å². The third-order valence-electron chi connectivity index (χ3n) is 4.22. The Bertz CT molecular complexity index is 696. The van der Waals surface area contributed by atoms with E-state index in [0.29, 0.717) is 17.7 Å². The van der Waals surface area contributed by atoms with E-state index >= 15 is 0 Å². The number of pyridine rings is 1. The highest BCUT2D eigenvalue weighted by Gasteiger charge is 2.30. The van der Waals surface area contributed by atoms with E-state index in [9.17, 15) is 4.79 Å². The largest absolute Gasteiger partial charge is 0.353 e. The SMILES string of the molecule is CC(C)[C@H](C)NC(=O)CSc1nnc(-c2cccnc2)n1C1CC1. The Hall–Kier alpha value is -1.89. The van der Waals surface area contributed by atoms with Gasteiger partial charge in [-0.25, -0.2) is 0 Å². The minimum Gasteiger partial charge on any atom is -0.353 e. The van der Waals surface area contributed by atoms with Crippen molar-refractivity contribution in [1.82, 2.24) is 25.1 Å². The molecule has 6 nitrogen and oxygen atoms in total. The molecule has 2 aromatic heterocycles. The second-order valence-corrected chi connectivity index (χ2v) is 7.48. The first-order valence-electron chi connectivity index (χ1n) is 8.33. The second-order valence-electron chi connectivity index (χ2n) is 6.54. The number of rotatable bonds is 7. The Kier molecular flexibility index (Phi) is 5.18. The van der Waals surface area contributed by atoms with Crippen LogP contribution in [0.3, 0.4) is 0 Å². The molecule has 1 amide bonds. The zero-order valence-corrected chi connectivity index (χ0v) is 15.1. The van der Waals surface area contributed by atoms with Crippen molar-refractivity contribution in [3.63, 3.8) is 0 Å². The van der Waals surface area contributed by atoms with Crippen LogP contribution in [0.25, 0.3) is 11.4 Å². The lowest BCUT2D eigenvalue weighted by Gasteiger charge is -2.17. The molecular weight excluding hydrogens is 322 g/mol. The molecule has 3 rings (SSSR count). The van der Waals surface area contributed by atoms with Crippen LogP contribution in [0.2, 0.25) is 0 Å². The summed E-state index contributed by atoms with van der Waals surface area (Å²) < 4.78 is 2.15. The van der Waals surface area contributed by atoms with Crippen LogP contribution >= 0.6 is 11.8 Å². The Labute approximate surface area is 146 Å². The fourth-order valence-corrected chi connectivity index (χ4v) is 3.14. The molecule has 0 aliphatic heterocycles. The minimum atomic E-state index is 0.0366. The highest BCUT2D eigenvalue weighted by atomic mass is 32.2. The molecule has 0 aromatic carbocycles. The van der Waals surface area contributed by atoms with E-state index in [1.807, 2.05) is 19.1 Å². The van der Waals surface area contributed by atoms with E-state index in [1.165, 1.54) is 11.8 Å². The van der Waals surface area contributed by atoms with Crippen molar-refractivity contribution in [1.29, 1.82) is 0 Å². The summed E-state index contributed by atoms with van der Waals surface area (Å²) in [6.45, 7) is 6.23. The maximum Gasteiger partial charge on any atom is 0.230 e. The Balaban J connectivity index is 1.70. The van der Waals surface area contributed by atoms with Gasteiger partial charge in [0.1, 0.15) is 0 Å². The first-order chi connectivity index (χ1) is 11.6. The van der Waals surface area contributed by atoms with Gasteiger partial charge >= 0.3 is 0 Å². The summed E-state index contributed by atoms with van der Waals surface area (Å²) in [5, 5.41) is 12.5. The highest BCUT2D eigenvalue weighted by Crippen LogP contribution is 2.40. The van der Waals surface area contributed by atoms with Gasteiger partial charge in [0.25, 0.3) is 0 Å². The summed E-state index contributed by atoms with van der Waals surface area (Å²) >= 11 is 1.45. The maximum absolute atomic E-state index is 12.1. The number of carbonyl (C=O) groups is 1. The van der Waals surface area contributed by atoms with Gasteiger partial charge < -0.3 is 5.32 Å². The number of aromatic nitrogens is 4. The Morgan fingerprint density at radius 1 is 1.38 bits per heavy atom. The van der Waals surface area contributed by atoms with E-state index in [-0.39, 0.29) is 11.9 Å². The van der Waals surface area contributed by atoms with Crippen LogP contribution in [0.1, 0.15) is 39.7 Å². The van der Waals surface area contributed by atoms with Crippen molar-refractivity contribution in [3.8, 4) is 11.4 Å². The molecule has 0 unspecified atom stereocenters. The zero-order chi connectivity index (χ0) is 17.1. The summed E-state index contributed by atoms with van der Waals surface area (Å²) in [6.07, 6.45) is 5.82. The van der Waals surface area contributed by atoms with Crippen molar-refractivity contribution < 1.29 is 4.79 Å². The smallest absolute Gasteiger partial charge is 0.230 e. The van der Waals surface area contributed by atoms with Crippen LogP contribution in [0.15, 0.2) is 29.7 Å². The quantitative estimate of drug-likeness (QED) is 0.781. The maximum atomic E-state index is 12.1. The van der Waals surface area contributed by atoms with E-state index < -0.39 is 0 Å². The third kappa shape index (κ3) is 3.95. The average Bonchev–Trinajstić information content (AvgIpc) is 3.33. The molecule has 7 heteroatoms. The fourth-order valence-electron chi connectivity index (χ4n) is 2.32. The molecule has 2 aromatic rings. The van der Waals surface area contributed by atoms with Crippen LogP contribution in [0.5, 0.6) is 0 Å². The molecule has 0 bridgehead atoms. The summed E-state index contributed by atoms with van der Waals surface area (Å²) in [4.78, 5) is 16.3. The molecule has 0 saturated heterocycles. The van der Waals surface area contributed by atoms with Gasteiger partial charge in [0.05, 0.1) is 5.75 Å². The predicted molar refractivity (Wildman–Crippen MR) is 94.7 cm³/mol. The van der Waals surface area contributed by atoms with Crippen LogP contribution in [0, 0.1) is 5.92 Å². The first-order valence-corrected chi connectivity index (χ1v) is 9.32. The summed E-state index contributed by atoms with van der Waals surface area (Å²) in [7, 11) is 0. The lowest BCUT2D eigenvalue weighted by atomic mass is 10.1. The molecule has 2 heterocycles.